The lowest BCUT2D eigenvalue weighted by Crippen LogP contribution is -2.33. The molecule has 0 bridgehead atoms. The van der Waals surface area contributed by atoms with Crippen LogP contribution in [0.4, 0.5) is 0 Å². The molecule has 0 amide bonds. The van der Waals surface area contributed by atoms with Gasteiger partial charge in [-0.15, -0.1) is 0 Å². The fourth-order valence-electron chi connectivity index (χ4n) is 1.03. The van der Waals surface area contributed by atoms with Crippen molar-refractivity contribution < 1.29 is 0 Å². The molecule has 2 N–H and O–H groups in total. The summed E-state index contributed by atoms with van der Waals surface area (Å²) in [4.78, 5) is 0. The quantitative estimate of drug-likeness (QED) is 0.565. The normalized spacial score (nSPS) is 14.1. The molecule has 0 saturated heterocycles. The Labute approximate surface area is 57.9 Å². The Balaban J connectivity index is 4.14. The summed E-state index contributed by atoms with van der Waals surface area (Å²) in [6, 6.07) is 0. The van der Waals surface area contributed by atoms with Crippen molar-refractivity contribution in [3.8, 4) is 0 Å². The molecule has 0 heterocycles. The van der Waals surface area contributed by atoms with Crippen molar-refractivity contribution in [2.75, 3.05) is 0 Å². The van der Waals surface area contributed by atoms with Crippen LogP contribution in [0.2, 0.25) is 0 Å². The molecule has 0 radical (unpaired) electrons. The summed E-state index contributed by atoms with van der Waals surface area (Å²) in [7, 11) is 0. The molecule has 0 saturated carbocycles. The van der Waals surface area contributed by atoms with Crippen molar-refractivity contribution in [1.82, 2.24) is 0 Å². The number of hydrogen-bond acceptors (Lipinski definition) is 1. The topological polar surface area (TPSA) is 26.0 Å². The Hall–Kier alpha value is -0.300. The predicted octanol–water partition coefficient (Wildman–Crippen LogP) is 2.08. The lowest BCUT2D eigenvalue weighted by molar-refractivity contribution is 0.590. The number of nitrogens with two attached hydrogens (primary N) is 1. The highest BCUT2D eigenvalue weighted by Crippen LogP contribution is 2.14. The average Bonchev–Trinajstić information content (AvgIpc) is 1.65. The smallest absolute Gasteiger partial charge is 0.0311 e. The molecule has 0 fully saturated rings. The van der Waals surface area contributed by atoms with Gasteiger partial charge in [-0.2, -0.15) is 0 Å². The molecule has 0 aliphatic rings. The SMILES string of the molecule is C/C=C(\CC)C(C)(C)N. The summed E-state index contributed by atoms with van der Waals surface area (Å²) in [6.45, 7) is 8.23. The van der Waals surface area contributed by atoms with Gasteiger partial charge in [-0.1, -0.05) is 18.6 Å². The average molecular weight is 127 g/mol. The van der Waals surface area contributed by atoms with E-state index < -0.39 is 0 Å². The second-order valence-corrected chi connectivity index (χ2v) is 2.89. The van der Waals surface area contributed by atoms with E-state index in [9.17, 15) is 0 Å². The van der Waals surface area contributed by atoms with Gasteiger partial charge in [0.2, 0.25) is 0 Å². The van der Waals surface area contributed by atoms with E-state index in [2.05, 4.69) is 13.0 Å². The first-order chi connectivity index (χ1) is 4.02. The molecule has 0 aromatic heterocycles. The van der Waals surface area contributed by atoms with Crippen molar-refractivity contribution >= 4 is 0 Å². The molecule has 0 aliphatic carbocycles. The number of allylic oxidation sites excluding steroid dienone is 1. The predicted molar refractivity (Wildman–Crippen MR) is 42.3 cm³/mol. The lowest BCUT2D eigenvalue weighted by Gasteiger charge is -2.21. The Bertz CT molecular complexity index is 106. The molecule has 1 heteroatoms. The zero-order chi connectivity index (χ0) is 7.49. The highest BCUT2D eigenvalue weighted by Gasteiger charge is 2.13. The van der Waals surface area contributed by atoms with Gasteiger partial charge in [0.05, 0.1) is 0 Å². The van der Waals surface area contributed by atoms with Crippen LogP contribution in [0.25, 0.3) is 0 Å². The van der Waals surface area contributed by atoms with Crippen LogP contribution in [-0.4, -0.2) is 5.54 Å². The van der Waals surface area contributed by atoms with E-state index in [1.165, 1.54) is 5.57 Å². The number of hydrogen-bond donors (Lipinski definition) is 1. The summed E-state index contributed by atoms with van der Waals surface area (Å²) >= 11 is 0. The van der Waals surface area contributed by atoms with Gasteiger partial charge in [0, 0.05) is 5.54 Å². The molecule has 0 aliphatic heterocycles. The van der Waals surface area contributed by atoms with Crippen LogP contribution in [0, 0.1) is 0 Å². The van der Waals surface area contributed by atoms with E-state index in [1.54, 1.807) is 0 Å². The number of rotatable bonds is 2. The molecular weight excluding hydrogens is 110 g/mol. The maximum absolute atomic E-state index is 5.83. The molecule has 0 unspecified atom stereocenters. The second-order valence-electron chi connectivity index (χ2n) is 2.89. The monoisotopic (exact) mass is 127 g/mol. The lowest BCUT2D eigenvalue weighted by atomic mass is 9.93. The largest absolute Gasteiger partial charge is 0.322 e. The first-order valence-electron chi connectivity index (χ1n) is 3.47. The van der Waals surface area contributed by atoms with Crippen LogP contribution >= 0.6 is 0 Å². The minimum atomic E-state index is -0.122. The van der Waals surface area contributed by atoms with Gasteiger partial charge in [0.15, 0.2) is 0 Å². The molecule has 9 heavy (non-hydrogen) atoms. The zero-order valence-corrected chi connectivity index (χ0v) is 6.86. The van der Waals surface area contributed by atoms with E-state index in [1.807, 2.05) is 20.8 Å². The zero-order valence-electron chi connectivity index (χ0n) is 6.86. The summed E-state index contributed by atoms with van der Waals surface area (Å²) in [5.41, 5.74) is 7.03. The highest BCUT2D eigenvalue weighted by molar-refractivity contribution is 5.14. The minimum absolute atomic E-state index is 0.122. The van der Waals surface area contributed by atoms with Gasteiger partial charge in [-0.05, 0) is 27.2 Å². The van der Waals surface area contributed by atoms with Gasteiger partial charge in [-0.3, -0.25) is 0 Å². The molecule has 54 valence electrons. The summed E-state index contributed by atoms with van der Waals surface area (Å²) in [5, 5.41) is 0. The fraction of sp³-hybridized carbons (Fsp3) is 0.750. The van der Waals surface area contributed by atoms with Crippen molar-refractivity contribution in [3.63, 3.8) is 0 Å². The van der Waals surface area contributed by atoms with Crippen LogP contribution < -0.4 is 5.73 Å². The third kappa shape index (κ3) is 2.66. The van der Waals surface area contributed by atoms with Crippen LogP contribution in [0.5, 0.6) is 0 Å². The Morgan fingerprint density at radius 2 is 2.00 bits per heavy atom. The molecule has 0 atom stereocenters. The Kier molecular flexibility index (Phi) is 2.92. The van der Waals surface area contributed by atoms with Gasteiger partial charge >= 0.3 is 0 Å². The molecule has 0 rings (SSSR count). The van der Waals surface area contributed by atoms with Crippen molar-refractivity contribution in [3.05, 3.63) is 11.6 Å². The van der Waals surface area contributed by atoms with E-state index >= 15 is 0 Å². The third-order valence-corrected chi connectivity index (χ3v) is 1.56. The van der Waals surface area contributed by atoms with Gasteiger partial charge < -0.3 is 5.73 Å². The molecule has 1 nitrogen and oxygen atoms in total. The standard InChI is InChI=1S/C8H17N/c1-5-7(6-2)8(3,4)9/h5H,6,9H2,1-4H3/b7-5+. The first-order valence-corrected chi connectivity index (χ1v) is 3.47. The Morgan fingerprint density at radius 1 is 1.56 bits per heavy atom. The van der Waals surface area contributed by atoms with E-state index in [0.29, 0.717) is 0 Å². The second kappa shape index (κ2) is 3.02. The van der Waals surface area contributed by atoms with E-state index in [0.717, 1.165) is 6.42 Å². The molecule has 0 spiro atoms. The van der Waals surface area contributed by atoms with E-state index in [-0.39, 0.29) is 5.54 Å². The summed E-state index contributed by atoms with van der Waals surface area (Å²) < 4.78 is 0. The Morgan fingerprint density at radius 3 is 2.00 bits per heavy atom. The molecule has 0 aromatic carbocycles. The first kappa shape index (κ1) is 8.70. The van der Waals surface area contributed by atoms with Gasteiger partial charge in [0.25, 0.3) is 0 Å². The van der Waals surface area contributed by atoms with Gasteiger partial charge in [0.1, 0.15) is 0 Å². The van der Waals surface area contributed by atoms with Crippen LogP contribution in [0.3, 0.4) is 0 Å². The van der Waals surface area contributed by atoms with Crippen LogP contribution in [0.1, 0.15) is 34.1 Å². The highest BCUT2D eigenvalue weighted by atomic mass is 14.7. The summed E-state index contributed by atoms with van der Waals surface area (Å²) in [6.07, 6.45) is 3.15. The van der Waals surface area contributed by atoms with Crippen LogP contribution in [0.15, 0.2) is 11.6 Å². The van der Waals surface area contributed by atoms with Gasteiger partial charge in [-0.25, -0.2) is 0 Å². The maximum Gasteiger partial charge on any atom is 0.0311 e. The van der Waals surface area contributed by atoms with Crippen molar-refractivity contribution in [2.45, 2.75) is 39.7 Å². The fourth-order valence-corrected chi connectivity index (χ4v) is 1.03. The van der Waals surface area contributed by atoms with E-state index in [4.69, 9.17) is 5.73 Å². The van der Waals surface area contributed by atoms with Crippen molar-refractivity contribution in [1.29, 1.82) is 0 Å². The summed E-state index contributed by atoms with van der Waals surface area (Å²) in [5.74, 6) is 0. The van der Waals surface area contributed by atoms with Crippen LogP contribution in [-0.2, 0) is 0 Å². The molecule has 0 aromatic rings. The molecular formula is C8H17N. The maximum atomic E-state index is 5.83. The third-order valence-electron chi connectivity index (χ3n) is 1.56. The minimum Gasteiger partial charge on any atom is -0.322 e. The van der Waals surface area contributed by atoms with Crippen molar-refractivity contribution in [2.24, 2.45) is 5.73 Å².